The topological polar surface area (TPSA) is 70.0 Å². The van der Waals surface area contributed by atoms with Crippen molar-refractivity contribution < 1.29 is 8.42 Å². The van der Waals surface area contributed by atoms with Gasteiger partial charge in [-0.05, 0) is 13.8 Å². The van der Waals surface area contributed by atoms with Crippen LogP contribution >= 0.6 is 11.6 Å². The summed E-state index contributed by atoms with van der Waals surface area (Å²) in [6.07, 6.45) is 0. The van der Waals surface area contributed by atoms with Crippen LogP contribution in [0.15, 0.2) is 0 Å². The Morgan fingerprint density at radius 3 is 2.46 bits per heavy atom. The van der Waals surface area contributed by atoms with Gasteiger partial charge in [-0.25, -0.2) is 13.1 Å². The summed E-state index contributed by atoms with van der Waals surface area (Å²) < 4.78 is 24.5. The molecular formula is C7H13ClN2O2S. The minimum absolute atomic E-state index is 0.0579. The number of rotatable bonds is 5. The second kappa shape index (κ2) is 4.80. The number of alkyl halides is 1. The predicted molar refractivity (Wildman–Crippen MR) is 51.9 cm³/mol. The lowest BCUT2D eigenvalue weighted by atomic mass is 9.97. The van der Waals surface area contributed by atoms with Crippen molar-refractivity contribution in [3.8, 4) is 6.07 Å². The van der Waals surface area contributed by atoms with Gasteiger partial charge in [0.2, 0.25) is 10.0 Å². The third-order valence-corrected chi connectivity index (χ3v) is 3.12. The van der Waals surface area contributed by atoms with E-state index >= 15 is 0 Å². The van der Waals surface area contributed by atoms with Crippen LogP contribution in [0.4, 0.5) is 0 Å². The molecule has 0 fully saturated rings. The largest absolute Gasteiger partial charge is 0.214 e. The molecule has 0 aliphatic carbocycles. The highest BCUT2D eigenvalue weighted by Crippen LogP contribution is 2.11. The summed E-state index contributed by atoms with van der Waals surface area (Å²) in [6, 6.07) is 2.00. The van der Waals surface area contributed by atoms with Crippen LogP contribution in [0.2, 0.25) is 0 Å². The van der Waals surface area contributed by atoms with Crippen LogP contribution < -0.4 is 4.72 Å². The first-order valence-electron chi connectivity index (χ1n) is 3.77. The highest BCUT2D eigenvalue weighted by molar-refractivity contribution is 7.89. The number of nitrogens with one attached hydrogen (secondary N) is 1. The molecule has 4 nitrogen and oxygen atoms in total. The lowest BCUT2D eigenvalue weighted by Crippen LogP contribution is -2.35. The fraction of sp³-hybridized carbons (Fsp3) is 0.857. The molecule has 0 aromatic carbocycles. The number of nitriles is 1. The van der Waals surface area contributed by atoms with Gasteiger partial charge in [0.25, 0.3) is 0 Å². The Labute approximate surface area is 83.9 Å². The Kier molecular flexibility index (Phi) is 4.68. The summed E-state index contributed by atoms with van der Waals surface area (Å²) in [6.45, 7) is 3.44. The van der Waals surface area contributed by atoms with Gasteiger partial charge in [-0.15, -0.1) is 11.6 Å². The van der Waals surface area contributed by atoms with Gasteiger partial charge >= 0.3 is 0 Å². The van der Waals surface area contributed by atoms with E-state index in [0.29, 0.717) is 0 Å². The quantitative estimate of drug-likeness (QED) is 0.699. The van der Waals surface area contributed by atoms with Crippen LogP contribution in [0.1, 0.15) is 13.8 Å². The summed E-state index contributed by atoms with van der Waals surface area (Å²) in [4.78, 5) is 0. The zero-order valence-corrected chi connectivity index (χ0v) is 9.24. The van der Waals surface area contributed by atoms with E-state index < -0.39 is 15.4 Å². The summed E-state index contributed by atoms with van der Waals surface area (Å²) >= 11 is 5.29. The van der Waals surface area contributed by atoms with E-state index in [4.69, 9.17) is 16.9 Å². The number of nitrogens with zero attached hydrogens (tertiary/aromatic N) is 1. The van der Waals surface area contributed by atoms with Gasteiger partial charge < -0.3 is 0 Å². The third-order valence-electron chi connectivity index (χ3n) is 1.38. The minimum atomic E-state index is -3.31. The standard InChI is InChI=1S/C7H13ClN2O2S/c1-7(2,5-9)6-10-13(11,12)4-3-8/h10H,3-4,6H2,1-2H3. The lowest BCUT2D eigenvalue weighted by molar-refractivity contribution is 0.479. The average Bonchev–Trinajstić information content (AvgIpc) is 2.02. The number of hydrogen-bond donors (Lipinski definition) is 1. The van der Waals surface area contributed by atoms with Crippen LogP contribution in [0.3, 0.4) is 0 Å². The molecule has 76 valence electrons. The van der Waals surface area contributed by atoms with Crippen molar-refractivity contribution in [2.24, 2.45) is 5.41 Å². The van der Waals surface area contributed by atoms with Crippen LogP contribution in [0.25, 0.3) is 0 Å². The Bertz CT molecular complexity index is 292. The van der Waals surface area contributed by atoms with Crippen LogP contribution in [0, 0.1) is 16.7 Å². The molecule has 1 N–H and O–H groups in total. The molecule has 0 heterocycles. The van der Waals surface area contributed by atoms with Gasteiger partial charge in [-0.1, -0.05) is 0 Å². The summed E-state index contributed by atoms with van der Waals surface area (Å²) in [5, 5.41) is 8.61. The van der Waals surface area contributed by atoms with Gasteiger partial charge in [0.05, 0.1) is 17.2 Å². The lowest BCUT2D eigenvalue weighted by Gasteiger charge is -2.15. The first-order valence-corrected chi connectivity index (χ1v) is 5.96. The molecular weight excluding hydrogens is 212 g/mol. The van der Waals surface area contributed by atoms with Gasteiger partial charge in [-0.2, -0.15) is 5.26 Å². The molecule has 0 aromatic rings. The molecule has 0 rings (SSSR count). The van der Waals surface area contributed by atoms with Crippen molar-refractivity contribution in [1.82, 2.24) is 4.72 Å². The zero-order valence-electron chi connectivity index (χ0n) is 7.67. The van der Waals surface area contributed by atoms with E-state index in [9.17, 15) is 8.42 Å². The zero-order chi connectivity index (χ0) is 10.5. The molecule has 0 saturated carbocycles. The molecule has 0 amide bonds. The second-order valence-corrected chi connectivity index (χ2v) is 5.63. The van der Waals surface area contributed by atoms with Crippen LogP contribution in [-0.4, -0.2) is 26.6 Å². The van der Waals surface area contributed by atoms with E-state index in [2.05, 4.69) is 4.72 Å². The monoisotopic (exact) mass is 224 g/mol. The minimum Gasteiger partial charge on any atom is -0.214 e. The summed E-state index contributed by atoms with van der Waals surface area (Å²) in [5.41, 5.74) is -0.681. The Morgan fingerprint density at radius 2 is 2.08 bits per heavy atom. The van der Waals surface area contributed by atoms with E-state index in [1.54, 1.807) is 13.8 Å². The van der Waals surface area contributed by atoms with Gasteiger partial charge in [0, 0.05) is 12.4 Å². The molecule has 0 bridgehead atoms. The Balaban J connectivity index is 4.12. The van der Waals surface area contributed by atoms with Crippen LogP contribution in [-0.2, 0) is 10.0 Å². The fourth-order valence-corrected chi connectivity index (χ4v) is 2.04. The van der Waals surface area contributed by atoms with Crippen LogP contribution in [0.5, 0.6) is 0 Å². The molecule has 0 radical (unpaired) electrons. The van der Waals surface area contributed by atoms with Crippen molar-refractivity contribution in [1.29, 1.82) is 5.26 Å². The van der Waals surface area contributed by atoms with Gasteiger partial charge in [0.1, 0.15) is 0 Å². The Hall–Kier alpha value is -0.310. The SMILES string of the molecule is CC(C)(C#N)CNS(=O)(=O)CCCl. The molecule has 0 aliphatic heterocycles. The maximum atomic E-state index is 11.1. The third kappa shape index (κ3) is 5.86. The molecule has 0 aromatic heterocycles. The maximum absolute atomic E-state index is 11.1. The predicted octanol–water partition coefficient (Wildman–Crippen LogP) is 0.694. The van der Waals surface area contributed by atoms with Crippen molar-refractivity contribution in [3.05, 3.63) is 0 Å². The van der Waals surface area contributed by atoms with E-state index in [1.165, 1.54) is 0 Å². The molecule has 0 saturated heterocycles. The maximum Gasteiger partial charge on any atom is 0.212 e. The fourth-order valence-electron chi connectivity index (χ4n) is 0.504. The van der Waals surface area contributed by atoms with Crippen molar-refractivity contribution in [2.45, 2.75) is 13.8 Å². The van der Waals surface area contributed by atoms with Gasteiger partial charge in [-0.3, -0.25) is 0 Å². The molecule has 0 aliphatic rings. The van der Waals surface area contributed by atoms with E-state index in [-0.39, 0.29) is 18.2 Å². The molecule has 6 heteroatoms. The highest BCUT2D eigenvalue weighted by atomic mass is 35.5. The van der Waals surface area contributed by atoms with Crippen molar-refractivity contribution >= 4 is 21.6 Å². The highest BCUT2D eigenvalue weighted by Gasteiger charge is 2.19. The Morgan fingerprint density at radius 1 is 1.54 bits per heavy atom. The molecule has 0 atom stereocenters. The number of sulfonamides is 1. The van der Waals surface area contributed by atoms with E-state index in [1.807, 2.05) is 6.07 Å². The molecule has 13 heavy (non-hydrogen) atoms. The molecule has 0 unspecified atom stereocenters. The van der Waals surface area contributed by atoms with E-state index in [0.717, 1.165) is 0 Å². The van der Waals surface area contributed by atoms with Crippen molar-refractivity contribution in [3.63, 3.8) is 0 Å². The summed E-state index contributed by atoms with van der Waals surface area (Å²) in [7, 11) is -3.31. The number of hydrogen-bond acceptors (Lipinski definition) is 3. The molecule has 0 spiro atoms. The number of halogens is 1. The summed E-state index contributed by atoms with van der Waals surface area (Å²) in [5.74, 6) is -0.0572. The van der Waals surface area contributed by atoms with Crippen molar-refractivity contribution in [2.75, 3.05) is 18.2 Å². The normalized spacial score (nSPS) is 12.5. The smallest absolute Gasteiger partial charge is 0.212 e. The second-order valence-electron chi connectivity index (χ2n) is 3.32. The first kappa shape index (κ1) is 12.7. The first-order chi connectivity index (χ1) is 5.83. The average molecular weight is 225 g/mol. The van der Waals surface area contributed by atoms with Gasteiger partial charge in [0.15, 0.2) is 0 Å².